The van der Waals surface area contributed by atoms with Crippen molar-refractivity contribution < 1.29 is 4.79 Å². The van der Waals surface area contributed by atoms with Crippen LogP contribution in [0.4, 0.5) is 5.69 Å². The Morgan fingerprint density at radius 3 is 2.25 bits per heavy atom. The summed E-state index contributed by atoms with van der Waals surface area (Å²) in [5.41, 5.74) is 5.72. The number of anilines is 1. The smallest absolute Gasteiger partial charge is 0.234 e. The van der Waals surface area contributed by atoms with Gasteiger partial charge >= 0.3 is 0 Å². The van der Waals surface area contributed by atoms with E-state index in [1.807, 2.05) is 55.6 Å². The lowest BCUT2D eigenvalue weighted by Gasteiger charge is -2.30. The van der Waals surface area contributed by atoms with Crippen molar-refractivity contribution in [3.63, 3.8) is 0 Å². The molecule has 1 N–H and O–H groups in total. The molecule has 4 heteroatoms. The van der Waals surface area contributed by atoms with Crippen molar-refractivity contribution >= 4 is 35.1 Å². The maximum atomic E-state index is 12.7. The number of carbonyl (C=O) groups excluding carboxylic acids is 1. The third-order valence-corrected chi connectivity index (χ3v) is 9.03. The molecule has 2 nitrogen and oxygen atoms in total. The zero-order valence-electron chi connectivity index (χ0n) is 18.8. The summed E-state index contributed by atoms with van der Waals surface area (Å²) in [7, 11) is 0. The average Bonchev–Trinajstić information content (AvgIpc) is 2.82. The number of thioether (sulfide) groups is 2. The second-order valence-corrected chi connectivity index (χ2v) is 11.0. The Labute approximate surface area is 200 Å². The first-order chi connectivity index (χ1) is 15.6. The van der Waals surface area contributed by atoms with Gasteiger partial charge in [0.1, 0.15) is 0 Å². The Balaban J connectivity index is 1.38. The molecule has 0 radical (unpaired) electrons. The van der Waals surface area contributed by atoms with Crippen LogP contribution in [0.5, 0.6) is 0 Å². The zero-order valence-corrected chi connectivity index (χ0v) is 20.5. The fourth-order valence-corrected chi connectivity index (χ4v) is 7.11. The quantitative estimate of drug-likeness (QED) is 0.390. The number of rotatable bonds is 7. The summed E-state index contributed by atoms with van der Waals surface area (Å²) in [6.07, 6.45) is 4.95. The third kappa shape index (κ3) is 5.99. The fraction of sp³-hybridized carbons (Fsp3) is 0.321. The Kier molecular flexibility index (Phi) is 7.99. The van der Waals surface area contributed by atoms with Crippen LogP contribution in [0.25, 0.3) is 11.1 Å². The van der Waals surface area contributed by atoms with E-state index in [9.17, 15) is 4.79 Å². The molecule has 0 aliphatic heterocycles. The molecule has 1 unspecified atom stereocenters. The van der Waals surface area contributed by atoms with Gasteiger partial charge in [-0.25, -0.2) is 0 Å². The summed E-state index contributed by atoms with van der Waals surface area (Å²) in [5.74, 6) is 0.618. The third-order valence-electron chi connectivity index (χ3n) is 6.04. The maximum absolute atomic E-state index is 12.7. The van der Waals surface area contributed by atoms with Gasteiger partial charge in [-0.15, -0.1) is 23.5 Å². The van der Waals surface area contributed by atoms with Crippen LogP contribution in [0.3, 0.4) is 0 Å². The molecular weight excluding hydrogens is 430 g/mol. The van der Waals surface area contributed by atoms with Gasteiger partial charge in [0.25, 0.3) is 0 Å². The molecule has 1 amide bonds. The van der Waals surface area contributed by atoms with Gasteiger partial charge in [0, 0.05) is 21.1 Å². The first kappa shape index (κ1) is 23.0. The van der Waals surface area contributed by atoms with Crippen LogP contribution in [0.1, 0.15) is 36.8 Å². The van der Waals surface area contributed by atoms with Crippen molar-refractivity contribution in [1.29, 1.82) is 0 Å². The molecule has 0 bridgehead atoms. The van der Waals surface area contributed by atoms with Crippen LogP contribution >= 0.6 is 23.5 Å². The lowest BCUT2D eigenvalue weighted by molar-refractivity contribution is -0.113. The van der Waals surface area contributed by atoms with Gasteiger partial charge in [-0.05, 0) is 61.1 Å². The summed E-state index contributed by atoms with van der Waals surface area (Å²) < 4.78 is 0. The van der Waals surface area contributed by atoms with Gasteiger partial charge in [-0.1, -0.05) is 73.5 Å². The fourth-order valence-electron chi connectivity index (χ4n) is 4.31. The molecule has 166 valence electrons. The maximum Gasteiger partial charge on any atom is 0.234 e. The number of nitrogens with one attached hydrogen (secondary N) is 1. The first-order valence-corrected chi connectivity index (χ1v) is 13.3. The van der Waals surface area contributed by atoms with E-state index in [1.165, 1.54) is 41.7 Å². The number of hydrogen-bond acceptors (Lipinski definition) is 3. The zero-order chi connectivity index (χ0) is 22.3. The Morgan fingerprint density at radius 1 is 0.844 bits per heavy atom. The molecule has 4 rings (SSSR count). The lowest BCUT2D eigenvalue weighted by atomic mass is 10.00. The molecule has 32 heavy (non-hydrogen) atoms. The monoisotopic (exact) mass is 461 g/mol. The highest BCUT2D eigenvalue weighted by Gasteiger charge is 2.27. The lowest BCUT2D eigenvalue weighted by Crippen LogP contribution is -2.27. The first-order valence-electron chi connectivity index (χ1n) is 11.4. The topological polar surface area (TPSA) is 29.1 Å². The summed E-state index contributed by atoms with van der Waals surface area (Å²) in [5, 5.41) is 4.20. The minimum Gasteiger partial charge on any atom is -0.325 e. The van der Waals surface area contributed by atoms with Crippen molar-refractivity contribution in [2.75, 3.05) is 11.1 Å². The van der Waals surface area contributed by atoms with Crippen molar-refractivity contribution in [1.82, 2.24) is 0 Å². The molecule has 0 heterocycles. The number of aryl methyl sites for hydroxylation is 2. The van der Waals surface area contributed by atoms with Crippen LogP contribution in [-0.4, -0.2) is 22.2 Å². The molecule has 3 aromatic carbocycles. The summed E-state index contributed by atoms with van der Waals surface area (Å²) in [4.78, 5) is 14.0. The van der Waals surface area contributed by atoms with Crippen molar-refractivity contribution in [2.24, 2.45) is 0 Å². The molecule has 3 aromatic rings. The summed E-state index contributed by atoms with van der Waals surface area (Å²) >= 11 is 3.82. The van der Waals surface area contributed by atoms with E-state index in [0.29, 0.717) is 16.3 Å². The highest BCUT2D eigenvalue weighted by molar-refractivity contribution is 8.04. The molecule has 0 spiro atoms. The highest BCUT2D eigenvalue weighted by atomic mass is 32.2. The van der Waals surface area contributed by atoms with Crippen LogP contribution in [-0.2, 0) is 4.79 Å². The molecule has 1 fully saturated rings. The predicted molar refractivity (Wildman–Crippen MR) is 141 cm³/mol. The van der Waals surface area contributed by atoms with Crippen molar-refractivity contribution in [3.05, 3.63) is 83.9 Å². The Morgan fingerprint density at radius 2 is 1.50 bits per heavy atom. The van der Waals surface area contributed by atoms with E-state index < -0.39 is 0 Å². The minimum absolute atomic E-state index is 0.104. The van der Waals surface area contributed by atoms with E-state index in [4.69, 9.17) is 0 Å². The van der Waals surface area contributed by atoms with Crippen LogP contribution in [0, 0.1) is 13.8 Å². The Bertz CT molecular complexity index is 1030. The van der Waals surface area contributed by atoms with E-state index in [2.05, 4.69) is 59.9 Å². The largest absolute Gasteiger partial charge is 0.325 e. The predicted octanol–water partition coefficient (Wildman–Crippen LogP) is 7.75. The summed E-state index contributed by atoms with van der Waals surface area (Å²) in [6, 6.07) is 25.6. The number of hydrogen-bond donors (Lipinski definition) is 1. The molecule has 1 saturated carbocycles. The van der Waals surface area contributed by atoms with E-state index in [-0.39, 0.29) is 5.91 Å². The van der Waals surface area contributed by atoms with E-state index in [0.717, 1.165) is 16.8 Å². The summed E-state index contributed by atoms with van der Waals surface area (Å²) in [6.45, 7) is 4.10. The van der Waals surface area contributed by atoms with Crippen molar-refractivity contribution in [2.45, 2.75) is 54.9 Å². The van der Waals surface area contributed by atoms with Gasteiger partial charge in [-0.3, -0.25) is 4.79 Å². The molecule has 2 atom stereocenters. The normalized spacial score (nSPS) is 18.3. The number of para-hydroxylation sites is 1. The SMILES string of the molecule is Cc1cccc(C)c1NC(=O)CSC1CCCC[C@@H]1Sc1cccc(-c2ccccc2)c1. The van der Waals surface area contributed by atoms with E-state index in [1.54, 1.807) is 0 Å². The average molecular weight is 462 g/mol. The van der Waals surface area contributed by atoms with Crippen molar-refractivity contribution in [3.8, 4) is 11.1 Å². The standard InChI is InChI=1S/C28H31NOS2/c1-20-10-8-11-21(2)28(20)29-27(30)19-31-25-16-6-7-17-26(25)32-24-15-9-14-23(18-24)22-12-4-3-5-13-22/h3-5,8-15,18,25-26H,6-7,16-17,19H2,1-2H3,(H,29,30)/t25?,26-/m0/s1. The van der Waals surface area contributed by atoms with Gasteiger partial charge < -0.3 is 5.32 Å². The van der Waals surface area contributed by atoms with E-state index >= 15 is 0 Å². The molecule has 1 aliphatic carbocycles. The van der Waals surface area contributed by atoms with Crippen LogP contribution < -0.4 is 5.32 Å². The number of carbonyl (C=O) groups is 1. The van der Waals surface area contributed by atoms with Gasteiger partial charge in [0.2, 0.25) is 5.91 Å². The molecule has 0 aromatic heterocycles. The second kappa shape index (κ2) is 11.1. The molecular formula is C28H31NOS2. The van der Waals surface area contributed by atoms with Gasteiger partial charge in [0.15, 0.2) is 0 Å². The molecule has 0 saturated heterocycles. The highest BCUT2D eigenvalue weighted by Crippen LogP contribution is 2.40. The van der Waals surface area contributed by atoms with Crippen LogP contribution in [0.15, 0.2) is 77.7 Å². The number of benzene rings is 3. The Hall–Kier alpha value is -2.17. The number of amides is 1. The minimum atomic E-state index is 0.104. The van der Waals surface area contributed by atoms with Gasteiger partial charge in [0.05, 0.1) is 5.75 Å². The van der Waals surface area contributed by atoms with Crippen LogP contribution in [0.2, 0.25) is 0 Å². The molecule has 1 aliphatic rings. The second-order valence-electron chi connectivity index (χ2n) is 8.50. The van der Waals surface area contributed by atoms with Gasteiger partial charge in [-0.2, -0.15) is 0 Å².